The Bertz CT molecular complexity index is 1130. The standard InChI is InChI=1S/C23H19BrN2/c1-26-13-12-19-20(14-26)23(16-6-9-17(24)10-7-16)25-21-11-8-15-4-2-3-5-18(15)22(19)21/h2-11H,12-14H2,1H3. The number of hydrogen-bond acceptors (Lipinski definition) is 2. The lowest BCUT2D eigenvalue weighted by Crippen LogP contribution is -2.27. The number of hydrogen-bond donors (Lipinski definition) is 0. The lowest BCUT2D eigenvalue weighted by atomic mass is 9.90. The number of aromatic nitrogens is 1. The number of pyridine rings is 1. The highest BCUT2D eigenvalue weighted by molar-refractivity contribution is 9.10. The number of nitrogens with zero attached hydrogens (tertiary/aromatic N) is 2. The Hall–Kier alpha value is -2.23. The average molecular weight is 403 g/mol. The van der Waals surface area contributed by atoms with Crippen molar-refractivity contribution in [3.8, 4) is 11.3 Å². The summed E-state index contributed by atoms with van der Waals surface area (Å²) in [6, 6.07) is 21.6. The number of rotatable bonds is 1. The van der Waals surface area contributed by atoms with Crippen molar-refractivity contribution in [2.45, 2.75) is 13.0 Å². The van der Waals surface area contributed by atoms with Crippen LogP contribution >= 0.6 is 15.9 Å². The molecule has 26 heavy (non-hydrogen) atoms. The highest BCUT2D eigenvalue weighted by Gasteiger charge is 2.22. The molecule has 0 saturated carbocycles. The third kappa shape index (κ3) is 2.54. The molecule has 3 aromatic carbocycles. The smallest absolute Gasteiger partial charge is 0.0757 e. The van der Waals surface area contributed by atoms with Crippen LogP contribution in [0, 0.1) is 0 Å². The number of halogens is 1. The largest absolute Gasteiger partial charge is 0.302 e. The van der Waals surface area contributed by atoms with Crippen molar-refractivity contribution >= 4 is 37.6 Å². The summed E-state index contributed by atoms with van der Waals surface area (Å²) in [5, 5.41) is 3.95. The van der Waals surface area contributed by atoms with Crippen LogP contribution in [0.1, 0.15) is 11.1 Å². The monoisotopic (exact) mass is 402 g/mol. The van der Waals surface area contributed by atoms with Gasteiger partial charge in [-0.15, -0.1) is 0 Å². The Labute approximate surface area is 161 Å². The van der Waals surface area contributed by atoms with E-state index in [4.69, 9.17) is 4.98 Å². The minimum absolute atomic E-state index is 0.951. The van der Waals surface area contributed by atoms with Crippen molar-refractivity contribution < 1.29 is 0 Å². The molecule has 0 fully saturated rings. The normalized spacial score (nSPS) is 14.7. The zero-order chi connectivity index (χ0) is 17.7. The van der Waals surface area contributed by atoms with Gasteiger partial charge in [-0.2, -0.15) is 0 Å². The topological polar surface area (TPSA) is 16.1 Å². The van der Waals surface area contributed by atoms with Gasteiger partial charge in [-0.25, -0.2) is 4.98 Å². The fraction of sp³-hybridized carbons (Fsp3) is 0.174. The van der Waals surface area contributed by atoms with Gasteiger partial charge in [0.2, 0.25) is 0 Å². The van der Waals surface area contributed by atoms with E-state index in [0.29, 0.717) is 0 Å². The van der Waals surface area contributed by atoms with Gasteiger partial charge >= 0.3 is 0 Å². The molecule has 5 rings (SSSR count). The molecule has 2 nitrogen and oxygen atoms in total. The van der Waals surface area contributed by atoms with E-state index in [9.17, 15) is 0 Å². The molecule has 2 heterocycles. The van der Waals surface area contributed by atoms with Gasteiger partial charge in [0.05, 0.1) is 11.2 Å². The number of fused-ring (bicyclic) bond motifs is 5. The second-order valence-corrected chi connectivity index (χ2v) is 8.01. The van der Waals surface area contributed by atoms with E-state index in [0.717, 1.165) is 35.2 Å². The predicted octanol–water partition coefficient (Wildman–Crippen LogP) is 5.81. The maximum absolute atomic E-state index is 5.13. The van der Waals surface area contributed by atoms with Gasteiger partial charge in [0.1, 0.15) is 0 Å². The minimum Gasteiger partial charge on any atom is -0.302 e. The summed E-state index contributed by atoms with van der Waals surface area (Å²) in [4.78, 5) is 7.52. The first-order valence-corrected chi connectivity index (χ1v) is 9.78. The van der Waals surface area contributed by atoms with Crippen molar-refractivity contribution in [3.63, 3.8) is 0 Å². The van der Waals surface area contributed by atoms with Crippen molar-refractivity contribution in [3.05, 3.63) is 76.3 Å². The highest BCUT2D eigenvalue weighted by Crippen LogP contribution is 2.37. The fourth-order valence-electron chi connectivity index (χ4n) is 4.10. The third-order valence-electron chi connectivity index (χ3n) is 5.38. The zero-order valence-corrected chi connectivity index (χ0v) is 16.3. The second-order valence-electron chi connectivity index (χ2n) is 7.09. The molecule has 0 bridgehead atoms. The molecule has 4 aromatic rings. The zero-order valence-electron chi connectivity index (χ0n) is 14.7. The van der Waals surface area contributed by atoms with Crippen LogP contribution < -0.4 is 0 Å². The van der Waals surface area contributed by atoms with E-state index in [2.05, 4.69) is 88.5 Å². The maximum atomic E-state index is 5.13. The van der Waals surface area contributed by atoms with Crippen molar-refractivity contribution in [2.24, 2.45) is 0 Å². The van der Waals surface area contributed by atoms with Gasteiger partial charge in [0, 0.05) is 28.5 Å². The summed E-state index contributed by atoms with van der Waals surface area (Å²) in [5.41, 5.74) is 6.27. The molecule has 0 unspecified atom stereocenters. The van der Waals surface area contributed by atoms with Gasteiger partial charge in [-0.3, -0.25) is 0 Å². The van der Waals surface area contributed by atoms with Gasteiger partial charge in [0.25, 0.3) is 0 Å². The van der Waals surface area contributed by atoms with E-state index < -0.39 is 0 Å². The molecule has 1 aliphatic rings. The molecule has 0 amide bonds. The van der Waals surface area contributed by atoms with E-state index in [1.54, 1.807) is 0 Å². The van der Waals surface area contributed by atoms with Gasteiger partial charge in [0.15, 0.2) is 0 Å². The molecular formula is C23H19BrN2. The van der Waals surface area contributed by atoms with Crippen LogP contribution in [0.15, 0.2) is 65.1 Å². The van der Waals surface area contributed by atoms with Crippen LogP contribution in [-0.4, -0.2) is 23.5 Å². The van der Waals surface area contributed by atoms with Crippen molar-refractivity contribution in [2.75, 3.05) is 13.6 Å². The lowest BCUT2D eigenvalue weighted by Gasteiger charge is -2.28. The van der Waals surface area contributed by atoms with E-state index in [1.807, 2.05) is 0 Å². The van der Waals surface area contributed by atoms with Crippen LogP contribution in [0.5, 0.6) is 0 Å². The van der Waals surface area contributed by atoms with Crippen LogP contribution in [-0.2, 0) is 13.0 Å². The molecule has 0 aliphatic carbocycles. The SMILES string of the molecule is CN1CCc2c(c(-c3ccc(Br)cc3)nc3ccc4ccccc4c23)C1. The molecule has 1 aliphatic heterocycles. The molecule has 0 saturated heterocycles. The molecule has 0 N–H and O–H groups in total. The van der Waals surface area contributed by atoms with Gasteiger partial charge < -0.3 is 4.90 Å². The van der Waals surface area contributed by atoms with Crippen molar-refractivity contribution in [1.29, 1.82) is 0 Å². The Morgan fingerprint density at radius 3 is 2.58 bits per heavy atom. The maximum Gasteiger partial charge on any atom is 0.0757 e. The minimum atomic E-state index is 0.951. The van der Waals surface area contributed by atoms with Crippen molar-refractivity contribution in [1.82, 2.24) is 9.88 Å². The van der Waals surface area contributed by atoms with E-state index in [1.165, 1.54) is 32.8 Å². The molecule has 0 spiro atoms. The number of benzene rings is 3. The second kappa shape index (κ2) is 6.19. The summed E-state index contributed by atoms with van der Waals surface area (Å²) in [7, 11) is 2.20. The number of likely N-dealkylation sites (N-methyl/N-ethyl adjacent to an activating group) is 1. The average Bonchev–Trinajstić information content (AvgIpc) is 2.67. The summed E-state index contributed by atoms with van der Waals surface area (Å²) in [5.74, 6) is 0. The highest BCUT2D eigenvalue weighted by atomic mass is 79.9. The Balaban J connectivity index is 1.88. The Morgan fingerprint density at radius 1 is 0.923 bits per heavy atom. The molecule has 128 valence electrons. The molecule has 3 heteroatoms. The molecule has 1 aromatic heterocycles. The molecular weight excluding hydrogens is 384 g/mol. The first kappa shape index (κ1) is 16.0. The van der Waals surface area contributed by atoms with Crippen LogP contribution in [0.3, 0.4) is 0 Å². The molecule has 0 atom stereocenters. The lowest BCUT2D eigenvalue weighted by molar-refractivity contribution is 0.314. The summed E-state index contributed by atoms with van der Waals surface area (Å²) >= 11 is 3.54. The first-order chi connectivity index (χ1) is 12.7. The van der Waals surface area contributed by atoms with Crippen LogP contribution in [0.25, 0.3) is 32.9 Å². The van der Waals surface area contributed by atoms with E-state index in [-0.39, 0.29) is 0 Å². The summed E-state index contributed by atoms with van der Waals surface area (Å²) in [6.07, 6.45) is 1.07. The first-order valence-electron chi connectivity index (χ1n) is 8.98. The van der Waals surface area contributed by atoms with Crippen LogP contribution in [0.2, 0.25) is 0 Å². The van der Waals surface area contributed by atoms with Gasteiger partial charge in [-0.05, 0) is 53.6 Å². The quantitative estimate of drug-likeness (QED) is 0.373. The Kier molecular flexibility index (Phi) is 3.80. The molecule has 0 radical (unpaired) electrons. The summed E-state index contributed by atoms with van der Waals surface area (Å²) in [6.45, 7) is 2.04. The summed E-state index contributed by atoms with van der Waals surface area (Å²) < 4.78 is 1.10. The Morgan fingerprint density at radius 2 is 1.73 bits per heavy atom. The van der Waals surface area contributed by atoms with E-state index >= 15 is 0 Å². The van der Waals surface area contributed by atoms with Gasteiger partial charge in [-0.1, -0.05) is 58.4 Å². The fourth-order valence-corrected chi connectivity index (χ4v) is 4.36. The van der Waals surface area contributed by atoms with Crippen LogP contribution in [0.4, 0.5) is 0 Å². The third-order valence-corrected chi connectivity index (χ3v) is 5.91. The predicted molar refractivity (Wildman–Crippen MR) is 112 cm³/mol.